The molecule has 0 radical (unpaired) electrons. The van der Waals surface area contributed by atoms with Crippen molar-refractivity contribution in [3.63, 3.8) is 0 Å². The Morgan fingerprint density at radius 2 is 1.68 bits per heavy atom. The van der Waals surface area contributed by atoms with Crippen LogP contribution < -0.4 is 21.1 Å². The smallest absolute Gasteiger partial charge is 0.293 e. The van der Waals surface area contributed by atoms with Crippen molar-refractivity contribution >= 4 is 17.7 Å². The summed E-state index contributed by atoms with van der Waals surface area (Å²) in [5, 5.41) is 2.87. The molecule has 4 N–H and O–H groups in total. The van der Waals surface area contributed by atoms with E-state index in [-0.39, 0.29) is 30.8 Å². The number of carbonyl (C=O) groups is 3. The standard InChI is InChI=1S/C15H20N4O3/c1-19(9-13(20)16-12-7-8-12)10-14(21)17-18-15(22)11-5-3-2-4-6-11/h2-6,12H,7-10H2,1H3,(H,16,20)(H,17,21)(H,18,22)/p+1. The third kappa shape index (κ3) is 5.53. The Morgan fingerprint density at radius 3 is 2.32 bits per heavy atom. The summed E-state index contributed by atoms with van der Waals surface area (Å²) in [5.74, 6) is -0.778. The van der Waals surface area contributed by atoms with E-state index in [0.717, 1.165) is 17.7 Å². The normalized spacial score (nSPS) is 14.8. The van der Waals surface area contributed by atoms with Gasteiger partial charge >= 0.3 is 0 Å². The summed E-state index contributed by atoms with van der Waals surface area (Å²) in [6, 6.07) is 8.92. The quantitative estimate of drug-likeness (QED) is 0.469. The largest absolute Gasteiger partial charge is 0.348 e. The molecule has 1 aromatic carbocycles. The van der Waals surface area contributed by atoms with Crippen molar-refractivity contribution in [1.29, 1.82) is 0 Å². The monoisotopic (exact) mass is 305 g/mol. The van der Waals surface area contributed by atoms with Crippen molar-refractivity contribution in [1.82, 2.24) is 16.2 Å². The second-order valence-electron chi connectivity index (χ2n) is 5.52. The maximum atomic E-state index is 11.7. The highest BCUT2D eigenvalue weighted by molar-refractivity contribution is 5.95. The molecule has 1 fully saturated rings. The predicted molar refractivity (Wildman–Crippen MR) is 79.8 cm³/mol. The fourth-order valence-corrected chi connectivity index (χ4v) is 1.95. The number of rotatable bonds is 6. The zero-order valence-electron chi connectivity index (χ0n) is 12.5. The Balaban J connectivity index is 1.66. The van der Waals surface area contributed by atoms with Crippen LogP contribution >= 0.6 is 0 Å². The molecule has 1 unspecified atom stereocenters. The topological polar surface area (TPSA) is 91.7 Å². The minimum atomic E-state index is -0.377. The SMILES string of the molecule is C[NH+](CC(=O)NNC(=O)c1ccccc1)CC(=O)NC1CC1. The first-order valence-corrected chi connectivity index (χ1v) is 7.29. The third-order valence-electron chi connectivity index (χ3n) is 3.22. The fraction of sp³-hybridized carbons (Fsp3) is 0.400. The second kappa shape index (κ2) is 7.56. The van der Waals surface area contributed by atoms with Gasteiger partial charge in [0, 0.05) is 11.6 Å². The summed E-state index contributed by atoms with van der Waals surface area (Å²) >= 11 is 0. The number of likely N-dealkylation sites (N-methyl/N-ethyl adjacent to an activating group) is 1. The minimum Gasteiger partial charge on any atom is -0.348 e. The molecule has 7 nitrogen and oxygen atoms in total. The maximum absolute atomic E-state index is 11.7. The number of amides is 3. The van der Waals surface area contributed by atoms with Crippen LogP contribution in [0.2, 0.25) is 0 Å². The van der Waals surface area contributed by atoms with Crippen LogP contribution in [0.1, 0.15) is 23.2 Å². The Kier molecular flexibility index (Phi) is 5.48. The summed E-state index contributed by atoms with van der Waals surface area (Å²) in [6.07, 6.45) is 2.08. The molecule has 0 heterocycles. The van der Waals surface area contributed by atoms with Gasteiger partial charge in [-0.1, -0.05) is 18.2 Å². The minimum absolute atomic E-state index is 0.0545. The molecule has 1 aliphatic rings. The molecule has 0 spiro atoms. The van der Waals surface area contributed by atoms with E-state index in [1.165, 1.54) is 0 Å². The van der Waals surface area contributed by atoms with E-state index in [1.54, 1.807) is 37.4 Å². The van der Waals surface area contributed by atoms with Crippen LogP contribution in [0.25, 0.3) is 0 Å². The molecule has 1 saturated carbocycles. The van der Waals surface area contributed by atoms with E-state index < -0.39 is 0 Å². The van der Waals surface area contributed by atoms with Gasteiger partial charge < -0.3 is 10.2 Å². The number of hydrogen-bond donors (Lipinski definition) is 4. The molecular formula is C15H21N4O3+. The van der Waals surface area contributed by atoms with Crippen molar-refractivity contribution in [2.45, 2.75) is 18.9 Å². The second-order valence-corrected chi connectivity index (χ2v) is 5.52. The molecule has 0 aromatic heterocycles. The molecule has 0 aliphatic heterocycles. The summed E-state index contributed by atoms with van der Waals surface area (Å²) in [6.45, 7) is 0.337. The molecule has 1 atom stereocenters. The van der Waals surface area contributed by atoms with E-state index in [4.69, 9.17) is 0 Å². The predicted octanol–water partition coefficient (Wildman–Crippen LogP) is -1.76. The van der Waals surface area contributed by atoms with Crippen molar-refractivity contribution < 1.29 is 19.3 Å². The van der Waals surface area contributed by atoms with Crippen molar-refractivity contribution in [3.8, 4) is 0 Å². The Hall–Kier alpha value is -2.41. The van der Waals surface area contributed by atoms with E-state index in [2.05, 4.69) is 16.2 Å². The van der Waals surface area contributed by atoms with E-state index in [0.29, 0.717) is 11.6 Å². The summed E-state index contributed by atoms with van der Waals surface area (Å²) in [5.41, 5.74) is 5.16. The number of benzene rings is 1. The summed E-state index contributed by atoms with van der Waals surface area (Å²) in [4.78, 5) is 35.8. The molecular weight excluding hydrogens is 284 g/mol. The molecule has 1 aliphatic carbocycles. The molecule has 0 saturated heterocycles. The van der Waals surface area contributed by atoms with Crippen molar-refractivity contribution in [2.24, 2.45) is 0 Å². The molecule has 22 heavy (non-hydrogen) atoms. The van der Waals surface area contributed by atoms with Gasteiger partial charge in [-0.15, -0.1) is 0 Å². The van der Waals surface area contributed by atoms with Gasteiger partial charge in [0.25, 0.3) is 17.7 Å². The zero-order chi connectivity index (χ0) is 15.9. The van der Waals surface area contributed by atoms with E-state index >= 15 is 0 Å². The number of carbonyl (C=O) groups excluding carboxylic acids is 3. The molecule has 3 amide bonds. The molecule has 1 aromatic rings. The number of hydrazine groups is 1. The van der Waals surface area contributed by atoms with Crippen LogP contribution in [0, 0.1) is 0 Å². The highest BCUT2D eigenvalue weighted by Gasteiger charge is 2.24. The van der Waals surface area contributed by atoms with Crippen LogP contribution in [-0.2, 0) is 9.59 Å². The molecule has 2 rings (SSSR count). The van der Waals surface area contributed by atoms with Crippen LogP contribution in [-0.4, -0.2) is 43.9 Å². The lowest BCUT2D eigenvalue weighted by molar-refractivity contribution is -0.862. The first-order chi connectivity index (χ1) is 10.5. The lowest BCUT2D eigenvalue weighted by Crippen LogP contribution is -3.11. The summed E-state index contributed by atoms with van der Waals surface area (Å²) < 4.78 is 0. The number of nitrogens with one attached hydrogen (secondary N) is 4. The van der Waals surface area contributed by atoms with Gasteiger partial charge in [-0.25, -0.2) is 0 Å². The van der Waals surface area contributed by atoms with Gasteiger partial charge in [0.2, 0.25) is 0 Å². The van der Waals surface area contributed by atoms with Gasteiger partial charge in [-0.05, 0) is 25.0 Å². The highest BCUT2D eigenvalue weighted by Crippen LogP contribution is 2.17. The van der Waals surface area contributed by atoms with E-state index in [1.807, 2.05) is 0 Å². The Bertz CT molecular complexity index is 543. The van der Waals surface area contributed by atoms with Crippen LogP contribution in [0.15, 0.2) is 30.3 Å². The van der Waals surface area contributed by atoms with E-state index in [9.17, 15) is 14.4 Å². The van der Waals surface area contributed by atoms with Gasteiger partial charge in [0.15, 0.2) is 13.1 Å². The van der Waals surface area contributed by atoms with Gasteiger partial charge in [0.05, 0.1) is 7.05 Å². The highest BCUT2D eigenvalue weighted by atomic mass is 16.2. The average molecular weight is 305 g/mol. The van der Waals surface area contributed by atoms with Crippen molar-refractivity contribution in [3.05, 3.63) is 35.9 Å². The van der Waals surface area contributed by atoms with Gasteiger partial charge in [-0.2, -0.15) is 0 Å². The summed E-state index contributed by atoms with van der Waals surface area (Å²) in [7, 11) is 1.76. The molecule has 7 heteroatoms. The van der Waals surface area contributed by atoms with Crippen molar-refractivity contribution in [2.75, 3.05) is 20.1 Å². The first kappa shape index (κ1) is 16.0. The van der Waals surface area contributed by atoms with Gasteiger partial charge in [0.1, 0.15) is 0 Å². The molecule has 118 valence electrons. The number of quaternary nitrogens is 1. The van der Waals surface area contributed by atoms with Gasteiger partial charge in [-0.3, -0.25) is 25.2 Å². The lowest BCUT2D eigenvalue weighted by Gasteiger charge is -2.14. The Morgan fingerprint density at radius 1 is 1.05 bits per heavy atom. The Labute approximate surface area is 129 Å². The average Bonchev–Trinajstić information content (AvgIpc) is 3.29. The fourth-order valence-electron chi connectivity index (χ4n) is 1.95. The van der Waals surface area contributed by atoms with Crippen LogP contribution in [0.3, 0.4) is 0 Å². The lowest BCUT2D eigenvalue weighted by atomic mass is 10.2. The zero-order valence-corrected chi connectivity index (χ0v) is 12.5. The number of hydrogen-bond acceptors (Lipinski definition) is 3. The van der Waals surface area contributed by atoms with Crippen LogP contribution in [0.5, 0.6) is 0 Å². The third-order valence-corrected chi connectivity index (χ3v) is 3.22. The van der Waals surface area contributed by atoms with Crippen LogP contribution in [0.4, 0.5) is 0 Å². The maximum Gasteiger partial charge on any atom is 0.293 e. The molecule has 0 bridgehead atoms. The first-order valence-electron chi connectivity index (χ1n) is 7.29.